The molecule has 11 nitrogen and oxygen atoms in total. The molecule has 1 fully saturated rings. The highest BCUT2D eigenvalue weighted by molar-refractivity contribution is 5.80. The van der Waals surface area contributed by atoms with E-state index in [4.69, 9.17) is 14.2 Å². The van der Waals surface area contributed by atoms with Gasteiger partial charge in [0.15, 0.2) is 12.4 Å². The molecule has 1 rings (SSSR count). The molecule has 1 heterocycles. The molecule has 1 aliphatic heterocycles. The maximum absolute atomic E-state index is 13.3. The van der Waals surface area contributed by atoms with Crippen molar-refractivity contribution in [3.63, 3.8) is 0 Å². The first-order chi connectivity index (χ1) is 31.7. The van der Waals surface area contributed by atoms with Crippen LogP contribution in [0.4, 0.5) is 0 Å². The van der Waals surface area contributed by atoms with Crippen molar-refractivity contribution in [3.05, 3.63) is 12.2 Å². The van der Waals surface area contributed by atoms with Gasteiger partial charge in [0.05, 0.1) is 25.4 Å². The molecule has 0 spiro atoms. The topological polar surface area (TPSA) is 175 Å². The number of hydrogen-bond acceptors (Lipinski definition) is 10. The van der Waals surface area contributed by atoms with Crippen molar-refractivity contribution in [1.29, 1.82) is 0 Å². The Labute approximate surface area is 398 Å². The molecule has 6 N–H and O–H groups in total. The van der Waals surface area contributed by atoms with E-state index in [0.717, 1.165) is 57.8 Å². The molecular formula is C54H103NO10. The van der Waals surface area contributed by atoms with E-state index in [1.54, 1.807) is 6.08 Å². The fourth-order valence-electron chi connectivity index (χ4n) is 8.77. The van der Waals surface area contributed by atoms with E-state index in [9.17, 15) is 35.1 Å². The van der Waals surface area contributed by atoms with Crippen LogP contribution in [0.3, 0.4) is 0 Å². The number of allylic oxidation sites excluding steroid dienone is 1. The maximum atomic E-state index is 13.3. The van der Waals surface area contributed by atoms with Gasteiger partial charge in [-0.3, -0.25) is 9.59 Å². The van der Waals surface area contributed by atoms with E-state index < -0.39 is 67.4 Å². The Bertz CT molecular complexity index is 1110. The molecule has 1 saturated heterocycles. The smallest absolute Gasteiger partial charge is 0.306 e. The highest BCUT2D eigenvalue weighted by Crippen LogP contribution is 2.26. The molecule has 0 saturated carbocycles. The number of unbranched alkanes of at least 4 members (excludes halogenated alkanes) is 32. The number of aliphatic hydroxyl groups excluding tert-OH is 5. The van der Waals surface area contributed by atoms with Crippen LogP contribution >= 0.6 is 0 Å². The van der Waals surface area contributed by atoms with Crippen LogP contribution in [0.1, 0.15) is 258 Å². The van der Waals surface area contributed by atoms with E-state index >= 15 is 0 Å². The second-order valence-corrected chi connectivity index (χ2v) is 19.3. The van der Waals surface area contributed by atoms with Gasteiger partial charge in [0, 0.05) is 6.42 Å². The first kappa shape index (κ1) is 61.4. The first-order valence-electron chi connectivity index (χ1n) is 27.5. The number of hydrogen-bond donors (Lipinski definition) is 6. The number of carbonyl (C=O) groups is 2. The third kappa shape index (κ3) is 32.7. The Hall–Kier alpha value is -1.60. The van der Waals surface area contributed by atoms with Gasteiger partial charge >= 0.3 is 5.97 Å². The summed E-state index contributed by atoms with van der Waals surface area (Å²) >= 11 is 0. The van der Waals surface area contributed by atoms with Gasteiger partial charge in [-0.25, -0.2) is 0 Å². The Morgan fingerprint density at radius 2 is 1.00 bits per heavy atom. The van der Waals surface area contributed by atoms with Gasteiger partial charge in [0.1, 0.15) is 24.4 Å². The zero-order valence-electron chi connectivity index (χ0n) is 42.1. The summed E-state index contributed by atoms with van der Waals surface area (Å²) in [7, 11) is 0. The fraction of sp³-hybridized carbons (Fsp3) is 0.926. The van der Waals surface area contributed by atoms with Crippen molar-refractivity contribution in [2.75, 3.05) is 13.2 Å². The van der Waals surface area contributed by atoms with Crippen LogP contribution in [0.5, 0.6) is 0 Å². The average Bonchev–Trinajstić information content (AvgIpc) is 3.30. The van der Waals surface area contributed by atoms with Crippen molar-refractivity contribution in [1.82, 2.24) is 5.32 Å². The zero-order valence-corrected chi connectivity index (χ0v) is 42.1. The molecule has 11 heteroatoms. The number of rotatable bonds is 46. The zero-order chi connectivity index (χ0) is 47.6. The molecule has 0 bridgehead atoms. The lowest BCUT2D eigenvalue weighted by atomic mass is 9.99. The van der Waals surface area contributed by atoms with E-state index in [2.05, 4.69) is 26.1 Å². The summed E-state index contributed by atoms with van der Waals surface area (Å²) in [5.74, 6) is -1.18. The van der Waals surface area contributed by atoms with E-state index in [1.165, 1.54) is 154 Å². The van der Waals surface area contributed by atoms with Crippen LogP contribution < -0.4 is 5.32 Å². The van der Waals surface area contributed by atoms with Gasteiger partial charge in [0.25, 0.3) is 0 Å². The predicted octanol–water partition coefficient (Wildman–Crippen LogP) is 11.6. The van der Waals surface area contributed by atoms with Crippen molar-refractivity contribution >= 4 is 11.9 Å². The van der Waals surface area contributed by atoms with E-state index in [1.807, 2.05) is 6.08 Å². The SMILES string of the molecule is CCCCCCCCCCC/C=C/C(O)C(COC1OC(CO)C(O)C(O)C1OC(=O)CCCCCCCCCCCCCCCCC)NC(=O)C(O)CCCCCCCCCCCC. The molecule has 1 amide bonds. The Kier molecular flexibility index (Phi) is 41.3. The molecule has 0 aromatic heterocycles. The van der Waals surface area contributed by atoms with Gasteiger partial charge in [-0.05, 0) is 25.7 Å². The maximum Gasteiger partial charge on any atom is 0.306 e. The van der Waals surface area contributed by atoms with Crippen molar-refractivity contribution in [2.24, 2.45) is 0 Å². The van der Waals surface area contributed by atoms with Gasteiger partial charge in [-0.15, -0.1) is 0 Å². The highest BCUT2D eigenvalue weighted by atomic mass is 16.7. The van der Waals surface area contributed by atoms with Crippen molar-refractivity contribution in [3.8, 4) is 0 Å². The minimum atomic E-state index is -1.60. The van der Waals surface area contributed by atoms with Gasteiger partial charge in [-0.2, -0.15) is 0 Å². The minimum absolute atomic E-state index is 0.131. The molecule has 65 heavy (non-hydrogen) atoms. The second-order valence-electron chi connectivity index (χ2n) is 19.3. The summed E-state index contributed by atoms with van der Waals surface area (Å²) in [4.78, 5) is 26.3. The molecule has 8 atom stereocenters. The third-order valence-electron chi connectivity index (χ3n) is 13.2. The normalized spacial score (nSPS) is 20.3. The summed E-state index contributed by atoms with van der Waals surface area (Å²) in [6.45, 7) is 5.76. The lowest BCUT2D eigenvalue weighted by Crippen LogP contribution is -2.61. The minimum Gasteiger partial charge on any atom is -0.454 e. The number of amides is 1. The van der Waals surface area contributed by atoms with Gasteiger partial charge in [0.2, 0.25) is 5.91 Å². The molecule has 8 unspecified atom stereocenters. The molecule has 0 aliphatic carbocycles. The summed E-state index contributed by atoms with van der Waals surface area (Å²) in [6, 6.07) is -1.01. The molecule has 1 aliphatic rings. The Morgan fingerprint density at radius 3 is 1.45 bits per heavy atom. The van der Waals surface area contributed by atoms with Crippen LogP contribution in [0, 0.1) is 0 Å². The standard InChI is InChI=1S/C54H103NO10/c1-4-7-10-13-16-19-22-23-24-25-27-30-33-36-39-42-49(59)65-52-51(61)50(60)48(43-56)64-54(52)63-44-45(46(57)40-37-34-31-29-26-20-17-14-11-8-5-2)55-53(62)47(58)41-38-35-32-28-21-18-15-12-9-6-3/h37,40,45-48,50-52,54,56-58,60-61H,4-36,38-39,41-44H2,1-3H3,(H,55,62)/b40-37+. The summed E-state index contributed by atoms with van der Waals surface area (Å²) in [5, 5.41) is 56.6. The molecule has 0 aromatic rings. The van der Waals surface area contributed by atoms with E-state index in [0.29, 0.717) is 19.3 Å². The summed E-state index contributed by atoms with van der Waals surface area (Å²) in [5.41, 5.74) is 0. The van der Waals surface area contributed by atoms with Crippen molar-refractivity contribution < 1.29 is 49.3 Å². The highest BCUT2D eigenvalue weighted by Gasteiger charge is 2.47. The molecule has 0 radical (unpaired) electrons. The van der Waals surface area contributed by atoms with Crippen molar-refractivity contribution in [2.45, 2.75) is 307 Å². The average molecular weight is 926 g/mol. The van der Waals surface area contributed by atoms with Crippen LogP contribution in [0.15, 0.2) is 12.2 Å². The largest absolute Gasteiger partial charge is 0.454 e. The number of ether oxygens (including phenoxy) is 3. The number of nitrogens with one attached hydrogen (secondary N) is 1. The Morgan fingerprint density at radius 1 is 0.585 bits per heavy atom. The summed E-state index contributed by atoms with van der Waals surface area (Å²) < 4.78 is 17.5. The van der Waals surface area contributed by atoms with Crippen LogP contribution in [0.2, 0.25) is 0 Å². The predicted molar refractivity (Wildman–Crippen MR) is 265 cm³/mol. The van der Waals surface area contributed by atoms with Crippen LogP contribution in [-0.4, -0.2) is 99.6 Å². The monoisotopic (exact) mass is 926 g/mol. The number of aliphatic hydroxyl groups is 5. The lowest BCUT2D eigenvalue weighted by Gasteiger charge is -2.41. The summed E-state index contributed by atoms with van der Waals surface area (Å²) in [6.07, 6.45) is 35.5. The van der Waals surface area contributed by atoms with Gasteiger partial charge in [-0.1, -0.05) is 238 Å². The number of esters is 1. The second kappa shape index (κ2) is 43.7. The Balaban J connectivity index is 2.73. The van der Waals surface area contributed by atoms with E-state index in [-0.39, 0.29) is 13.0 Å². The fourth-order valence-corrected chi connectivity index (χ4v) is 8.77. The van der Waals surface area contributed by atoms with Crippen LogP contribution in [0.25, 0.3) is 0 Å². The first-order valence-corrected chi connectivity index (χ1v) is 27.5. The molecule has 0 aromatic carbocycles. The number of carbonyl (C=O) groups excluding carboxylic acids is 2. The molecular weight excluding hydrogens is 823 g/mol. The van der Waals surface area contributed by atoms with Gasteiger partial charge < -0.3 is 45.1 Å². The van der Waals surface area contributed by atoms with Crippen LogP contribution in [-0.2, 0) is 23.8 Å². The third-order valence-corrected chi connectivity index (χ3v) is 13.2. The quantitative estimate of drug-likeness (QED) is 0.0196. The molecule has 384 valence electrons. The lowest BCUT2D eigenvalue weighted by molar-refractivity contribution is -0.305.